The lowest BCUT2D eigenvalue weighted by molar-refractivity contribution is -0.122. The number of halogens is 1. The van der Waals surface area contributed by atoms with Gasteiger partial charge in [0, 0.05) is 0 Å². The largest absolute Gasteiger partial charge is 0.481 e. The fourth-order valence-corrected chi connectivity index (χ4v) is 2.42. The highest BCUT2D eigenvalue weighted by Crippen LogP contribution is 2.24. The maximum absolute atomic E-state index is 12.5. The molecule has 132 valence electrons. The van der Waals surface area contributed by atoms with E-state index < -0.39 is 12.1 Å². The number of nitrogens with one attached hydrogen (secondary N) is 1. The lowest BCUT2D eigenvalue weighted by Gasteiger charge is -2.18. The maximum atomic E-state index is 12.5. The van der Waals surface area contributed by atoms with Gasteiger partial charge in [-0.3, -0.25) is 4.79 Å². The molecule has 1 N–H and O–H groups in total. The van der Waals surface area contributed by atoms with Gasteiger partial charge in [0.2, 0.25) is 0 Å². The molecule has 25 heavy (non-hydrogen) atoms. The number of carbonyl (C=O) groups is 2. The zero-order chi connectivity index (χ0) is 18.4. The lowest BCUT2D eigenvalue weighted by atomic mass is 10.2. The summed E-state index contributed by atoms with van der Waals surface area (Å²) in [6, 6.07) is 12.0. The van der Waals surface area contributed by atoms with Crippen molar-refractivity contribution in [3.63, 3.8) is 0 Å². The van der Waals surface area contributed by atoms with Crippen LogP contribution in [0.4, 0.5) is 5.69 Å². The Labute approximate surface area is 151 Å². The lowest BCUT2D eigenvalue weighted by Crippen LogP contribution is -2.32. The highest BCUT2D eigenvalue weighted by Gasteiger charge is 2.20. The molecule has 0 saturated carbocycles. The number of ether oxygens (including phenoxy) is 2. The molecule has 0 spiro atoms. The topological polar surface area (TPSA) is 64.6 Å². The first kappa shape index (κ1) is 18.8. The van der Waals surface area contributed by atoms with Gasteiger partial charge in [-0.25, -0.2) is 4.79 Å². The van der Waals surface area contributed by atoms with E-state index in [9.17, 15) is 9.59 Å². The number of carbonyl (C=O) groups excluding carboxylic acids is 2. The van der Waals surface area contributed by atoms with Gasteiger partial charge in [0.1, 0.15) is 5.75 Å². The van der Waals surface area contributed by atoms with Gasteiger partial charge in [0.25, 0.3) is 5.91 Å². The molecular formula is C19H20ClNO4. The van der Waals surface area contributed by atoms with E-state index in [1.807, 2.05) is 32.0 Å². The Kier molecular flexibility index (Phi) is 6.42. The Morgan fingerprint density at radius 3 is 2.60 bits per heavy atom. The second-order valence-electron chi connectivity index (χ2n) is 5.51. The van der Waals surface area contributed by atoms with E-state index in [2.05, 4.69) is 10.1 Å². The van der Waals surface area contributed by atoms with Crippen LogP contribution in [0.3, 0.4) is 0 Å². The van der Waals surface area contributed by atoms with Crippen molar-refractivity contribution < 1.29 is 19.1 Å². The molecule has 0 bridgehead atoms. The van der Waals surface area contributed by atoms with E-state index in [-0.39, 0.29) is 5.91 Å². The molecule has 2 aromatic carbocycles. The smallest absolute Gasteiger partial charge is 0.337 e. The molecule has 0 aliphatic heterocycles. The van der Waals surface area contributed by atoms with Crippen LogP contribution in [-0.2, 0) is 9.53 Å². The molecule has 0 fully saturated rings. The number of amides is 1. The third kappa shape index (κ3) is 4.97. The summed E-state index contributed by atoms with van der Waals surface area (Å²) >= 11 is 6.11. The molecule has 0 heterocycles. The van der Waals surface area contributed by atoms with Crippen LogP contribution in [0.1, 0.15) is 29.3 Å². The molecule has 5 nitrogen and oxygen atoms in total. The summed E-state index contributed by atoms with van der Waals surface area (Å²) in [5, 5.41) is 3.04. The number of aryl methyl sites for hydroxylation is 1. The molecule has 0 saturated heterocycles. The van der Waals surface area contributed by atoms with E-state index in [1.165, 1.54) is 25.3 Å². The minimum Gasteiger partial charge on any atom is -0.481 e. The third-order valence-electron chi connectivity index (χ3n) is 3.58. The fourth-order valence-electron chi connectivity index (χ4n) is 2.25. The zero-order valence-electron chi connectivity index (χ0n) is 14.3. The van der Waals surface area contributed by atoms with Crippen LogP contribution in [0.2, 0.25) is 5.02 Å². The first-order valence-corrected chi connectivity index (χ1v) is 8.24. The molecule has 1 amide bonds. The summed E-state index contributed by atoms with van der Waals surface area (Å²) in [7, 11) is 1.29. The van der Waals surface area contributed by atoms with Gasteiger partial charge in [-0.05, 0) is 49.2 Å². The Hall–Kier alpha value is -2.53. The molecule has 0 aromatic heterocycles. The summed E-state index contributed by atoms with van der Waals surface area (Å²) in [5.41, 5.74) is 1.68. The van der Waals surface area contributed by atoms with Crippen molar-refractivity contribution in [2.45, 2.75) is 26.4 Å². The first-order valence-electron chi connectivity index (χ1n) is 7.86. The quantitative estimate of drug-likeness (QED) is 0.782. The van der Waals surface area contributed by atoms with E-state index in [0.717, 1.165) is 5.56 Å². The minimum absolute atomic E-state index is 0.301. The molecule has 2 aromatic rings. The van der Waals surface area contributed by atoms with Gasteiger partial charge < -0.3 is 14.8 Å². The van der Waals surface area contributed by atoms with Crippen molar-refractivity contribution in [1.29, 1.82) is 0 Å². The number of hydrogen-bond donors (Lipinski definition) is 1. The van der Waals surface area contributed by atoms with E-state index in [1.54, 1.807) is 6.07 Å². The Morgan fingerprint density at radius 2 is 1.96 bits per heavy atom. The Balaban J connectivity index is 2.15. The van der Waals surface area contributed by atoms with Gasteiger partial charge in [-0.1, -0.05) is 30.7 Å². The van der Waals surface area contributed by atoms with Crippen LogP contribution < -0.4 is 10.1 Å². The third-order valence-corrected chi connectivity index (χ3v) is 3.91. The normalized spacial score (nSPS) is 11.5. The number of benzene rings is 2. The van der Waals surface area contributed by atoms with E-state index in [0.29, 0.717) is 28.4 Å². The summed E-state index contributed by atoms with van der Waals surface area (Å²) in [5.74, 6) is -0.223. The van der Waals surface area contributed by atoms with Gasteiger partial charge in [0.15, 0.2) is 6.10 Å². The number of methoxy groups -OCH3 is 1. The van der Waals surface area contributed by atoms with Gasteiger partial charge in [0.05, 0.1) is 23.4 Å². The minimum atomic E-state index is -0.681. The molecule has 2 rings (SSSR count). The second kappa shape index (κ2) is 8.53. The predicted octanol–water partition coefficient (Wildman–Crippen LogP) is 4.23. The number of esters is 1. The highest BCUT2D eigenvalue weighted by atomic mass is 35.5. The average Bonchev–Trinajstić information content (AvgIpc) is 2.60. The fraction of sp³-hybridized carbons (Fsp3) is 0.263. The summed E-state index contributed by atoms with van der Waals surface area (Å²) in [4.78, 5) is 24.1. The molecule has 0 radical (unpaired) electrons. The van der Waals surface area contributed by atoms with Crippen LogP contribution in [-0.4, -0.2) is 25.1 Å². The summed E-state index contributed by atoms with van der Waals surface area (Å²) in [6.07, 6.45) is -0.201. The van der Waals surface area contributed by atoms with E-state index in [4.69, 9.17) is 16.3 Å². The summed E-state index contributed by atoms with van der Waals surface area (Å²) in [6.45, 7) is 3.80. The van der Waals surface area contributed by atoms with Crippen LogP contribution in [0, 0.1) is 6.92 Å². The van der Waals surface area contributed by atoms with E-state index >= 15 is 0 Å². The first-order chi connectivity index (χ1) is 11.9. The molecule has 6 heteroatoms. The molecule has 0 aliphatic carbocycles. The van der Waals surface area contributed by atoms with Crippen molar-refractivity contribution in [2.24, 2.45) is 0 Å². The van der Waals surface area contributed by atoms with Crippen LogP contribution in [0.15, 0.2) is 42.5 Å². The average molecular weight is 362 g/mol. The number of hydrogen-bond acceptors (Lipinski definition) is 4. The van der Waals surface area contributed by atoms with Crippen molar-refractivity contribution in [2.75, 3.05) is 12.4 Å². The number of rotatable bonds is 6. The monoisotopic (exact) mass is 361 g/mol. The predicted molar refractivity (Wildman–Crippen MR) is 97.3 cm³/mol. The highest BCUT2D eigenvalue weighted by molar-refractivity contribution is 6.33. The van der Waals surface area contributed by atoms with Crippen molar-refractivity contribution in [3.05, 3.63) is 58.6 Å². The Morgan fingerprint density at radius 1 is 1.20 bits per heavy atom. The van der Waals surface area contributed by atoms with Crippen LogP contribution >= 0.6 is 11.6 Å². The zero-order valence-corrected chi connectivity index (χ0v) is 15.1. The molecule has 1 atom stereocenters. The molecule has 0 unspecified atom stereocenters. The Bertz CT molecular complexity index is 776. The van der Waals surface area contributed by atoms with Crippen LogP contribution in [0.5, 0.6) is 5.75 Å². The van der Waals surface area contributed by atoms with Gasteiger partial charge in [-0.15, -0.1) is 0 Å². The van der Waals surface area contributed by atoms with Gasteiger partial charge >= 0.3 is 5.97 Å². The number of anilines is 1. The summed E-state index contributed by atoms with van der Waals surface area (Å²) < 4.78 is 10.4. The maximum Gasteiger partial charge on any atom is 0.337 e. The molecular weight excluding hydrogens is 342 g/mol. The van der Waals surface area contributed by atoms with Crippen molar-refractivity contribution in [3.8, 4) is 5.75 Å². The van der Waals surface area contributed by atoms with Gasteiger partial charge in [-0.2, -0.15) is 0 Å². The second-order valence-corrected chi connectivity index (χ2v) is 5.91. The SMILES string of the molecule is CC[C@@H](Oc1cccc(C)c1)C(=O)Nc1cc(C(=O)OC)ccc1Cl. The standard InChI is InChI=1S/C19H20ClNO4/c1-4-17(25-14-7-5-6-12(2)10-14)18(22)21-16-11-13(19(23)24-3)8-9-15(16)20/h5-11,17H,4H2,1-3H3,(H,21,22)/t17-/m1/s1. The van der Waals surface area contributed by atoms with Crippen molar-refractivity contribution in [1.82, 2.24) is 0 Å². The van der Waals surface area contributed by atoms with Crippen LogP contribution in [0.25, 0.3) is 0 Å². The molecule has 0 aliphatic rings. The van der Waals surface area contributed by atoms with Crippen molar-refractivity contribution >= 4 is 29.2 Å².